The van der Waals surface area contributed by atoms with E-state index in [4.69, 9.17) is 4.74 Å². The van der Waals surface area contributed by atoms with Crippen molar-refractivity contribution in [3.05, 3.63) is 77.6 Å². The number of nitrogens with zero attached hydrogens (tertiary/aromatic N) is 5. The van der Waals surface area contributed by atoms with Gasteiger partial charge in [-0.05, 0) is 44.0 Å². The van der Waals surface area contributed by atoms with E-state index in [1.165, 1.54) is 22.6 Å². The summed E-state index contributed by atoms with van der Waals surface area (Å²) in [4.78, 5) is 31.7. The Morgan fingerprint density at radius 2 is 1.76 bits per heavy atom. The monoisotopic (exact) mass is 517 g/mol. The second kappa shape index (κ2) is 11.7. The van der Waals surface area contributed by atoms with Gasteiger partial charge in [0, 0.05) is 44.9 Å². The van der Waals surface area contributed by atoms with Gasteiger partial charge in [0.15, 0.2) is 5.82 Å². The number of carbonyl (C=O) groups is 2. The predicted octanol–water partition coefficient (Wildman–Crippen LogP) is 3.56. The summed E-state index contributed by atoms with van der Waals surface area (Å²) in [5.41, 5.74) is 2.99. The lowest BCUT2D eigenvalue weighted by molar-refractivity contribution is -0.132. The van der Waals surface area contributed by atoms with Crippen LogP contribution in [0.25, 0.3) is 11.3 Å². The third kappa shape index (κ3) is 5.99. The van der Waals surface area contributed by atoms with Crippen molar-refractivity contribution in [2.45, 2.75) is 25.9 Å². The molecule has 5 rings (SSSR count). The normalized spacial score (nSPS) is 17.5. The molecule has 1 atom stereocenters. The van der Waals surface area contributed by atoms with Crippen LogP contribution in [-0.4, -0.2) is 83.8 Å². The summed E-state index contributed by atoms with van der Waals surface area (Å²) in [5.74, 6) is -0.476. The molecule has 38 heavy (non-hydrogen) atoms. The molecule has 198 valence electrons. The van der Waals surface area contributed by atoms with Crippen LogP contribution in [0.3, 0.4) is 0 Å². The van der Waals surface area contributed by atoms with Crippen LogP contribution in [0.5, 0.6) is 0 Å². The van der Waals surface area contributed by atoms with E-state index < -0.39 is 11.7 Å². The number of piperazine rings is 1. The van der Waals surface area contributed by atoms with Gasteiger partial charge in [-0.2, -0.15) is 0 Å². The van der Waals surface area contributed by atoms with Crippen molar-refractivity contribution in [1.82, 2.24) is 20.0 Å². The van der Waals surface area contributed by atoms with E-state index in [9.17, 15) is 14.0 Å². The van der Waals surface area contributed by atoms with Crippen molar-refractivity contribution < 1.29 is 18.7 Å². The fourth-order valence-electron chi connectivity index (χ4n) is 4.88. The van der Waals surface area contributed by atoms with Crippen LogP contribution in [0.4, 0.5) is 10.2 Å². The van der Waals surface area contributed by atoms with Crippen LogP contribution in [0.2, 0.25) is 0 Å². The minimum absolute atomic E-state index is 0.0317. The van der Waals surface area contributed by atoms with Gasteiger partial charge >= 0.3 is 0 Å². The number of hydrogen-bond acceptors (Lipinski definition) is 6. The van der Waals surface area contributed by atoms with E-state index in [0.717, 1.165) is 29.9 Å². The molecule has 0 N–H and O–H groups in total. The summed E-state index contributed by atoms with van der Waals surface area (Å²) in [7, 11) is 0. The molecule has 2 aliphatic rings. The molecule has 0 radical (unpaired) electrons. The standard InChI is InChI=1S/C29H32FN5O3/c1-21-8-10-22(11-9-21)26-12-13-27(32-31-26)33-14-16-34(17-15-33)28(36)20-35(19-23-5-4-18-38-23)29(37)24-6-2-3-7-25(24)30/h2-3,6-13,23H,4-5,14-20H2,1H3. The van der Waals surface area contributed by atoms with Gasteiger partial charge in [0.1, 0.15) is 12.4 Å². The quantitative estimate of drug-likeness (QED) is 0.477. The van der Waals surface area contributed by atoms with Crippen LogP contribution in [0.15, 0.2) is 60.7 Å². The second-order valence-electron chi connectivity index (χ2n) is 9.81. The van der Waals surface area contributed by atoms with Gasteiger partial charge in [-0.1, -0.05) is 42.0 Å². The minimum Gasteiger partial charge on any atom is -0.376 e. The molecule has 1 aromatic heterocycles. The number of halogens is 1. The molecule has 0 spiro atoms. The van der Waals surface area contributed by atoms with Crippen molar-refractivity contribution >= 4 is 17.6 Å². The summed E-state index contributed by atoms with van der Waals surface area (Å²) in [5, 5.41) is 8.80. The highest BCUT2D eigenvalue weighted by Gasteiger charge is 2.29. The van der Waals surface area contributed by atoms with E-state index in [1.54, 1.807) is 17.0 Å². The molecule has 0 bridgehead atoms. The average Bonchev–Trinajstić information content (AvgIpc) is 3.46. The first-order valence-electron chi connectivity index (χ1n) is 13.1. The molecule has 2 saturated heterocycles. The molecule has 1 unspecified atom stereocenters. The summed E-state index contributed by atoms with van der Waals surface area (Å²) in [6.45, 7) is 5.06. The highest BCUT2D eigenvalue weighted by atomic mass is 19.1. The highest BCUT2D eigenvalue weighted by Crippen LogP contribution is 2.21. The molecular weight excluding hydrogens is 485 g/mol. The first-order chi connectivity index (χ1) is 18.5. The molecule has 2 amide bonds. The van der Waals surface area contributed by atoms with Crippen LogP contribution >= 0.6 is 0 Å². The van der Waals surface area contributed by atoms with Gasteiger partial charge < -0.3 is 19.4 Å². The number of benzene rings is 2. The Labute approximate surface area is 222 Å². The number of amides is 2. The number of hydrogen-bond donors (Lipinski definition) is 0. The number of carbonyl (C=O) groups excluding carboxylic acids is 2. The summed E-state index contributed by atoms with van der Waals surface area (Å²) < 4.78 is 20.1. The average molecular weight is 518 g/mol. The summed E-state index contributed by atoms with van der Waals surface area (Å²) >= 11 is 0. The minimum atomic E-state index is -0.592. The Hall–Kier alpha value is -3.85. The molecule has 2 fully saturated rings. The van der Waals surface area contributed by atoms with Gasteiger partial charge in [-0.25, -0.2) is 4.39 Å². The number of aryl methyl sites for hydroxylation is 1. The molecule has 8 nitrogen and oxygen atoms in total. The lowest BCUT2D eigenvalue weighted by atomic mass is 10.1. The molecule has 2 aromatic carbocycles. The van der Waals surface area contributed by atoms with Crippen molar-refractivity contribution in [3.8, 4) is 11.3 Å². The molecule has 0 saturated carbocycles. The number of anilines is 1. The van der Waals surface area contributed by atoms with Crippen molar-refractivity contribution in [3.63, 3.8) is 0 Å². The van der Waals surface area contributed by atoms with Gasteiger partial charge in [0.05, 0.1) is 17.4 Å². The molecule has 3 heterocycles. The topological polar surface area (TPSA) is 78.9 Å². The highest BCUT2D eigenvalue weighted by molar-refractivity contribution is 5.96. The summed E-state index contributed by atoms with van der Waals surface area (Å²) in [6.07, 6.45) is 1.59. The second-order valence-corrected chi connectivity index (χ2v) is 9.81. The molecule has 9 heteroatoms. The van der Waals surface area contributed by atoms with E-state index >= 15 is 0 Å². The number of ether oxygens (including phenoxy) is 1. The SMILES string of the molecule is Cc1ccc(-c2ccc(N3CCN(C(=O)CN(CC4CCCO4)C(=O)c4ccccc4F)CC3)nn2)cc1. The molecule has 0 aliphatic carbocycles. The maximum Gasteiger partial charge on any atom is 0.257 e. The van der Waals surface area contributed by atoms with Crippen LogP contribution in [-0.2, 0) is 9.53 Å². The van der Waals surface area contributed by atoms with E-state index in [0.29, 0.717) is 32.8 Å². The van der Waals surface area contributed by atoms with Crippen LogP contribution in [0, 0.1) is 12.7 Å². The van der Waals surface area contributed by atoms with E-state index in [2.05, 4.69) is 15.1 Å². The first-order valence-corrected chi connectivity index (χ1v) is 13.1. The number of aromatic nitrogens is 2. The zero-order valence-corrected chi connectivity index (χ0v) is 21.6. The lowest BCUT2D eigenvalue weighted by Crippen LogP contribution is -2.52. The summed E-state index contributed by atoms with van der Waals surface area (Å²) in [6, 6.07) is 17.9. The Balaban J connectivity index is 1.20. The van der Waals surface area contributed by atoms with Crippen molar-refractivity contribution in [2.75, 3.05) is 50.8 Å². The maximum absolute atomic E-state index is 14.4. The Kier molecular flexibility index (Phi) is 7.93. The predicted molar refractivity (Wildman–Crippen MR) is 142 cm³/mol. The van der Waals surface area contributed by atoms with Crippen molar-refractivity contribution in [1.29, 1.82) is 0 Å². The van der Waals surface area contributed by atoms with E-state index in [1.807, 2.05) is 43.3 Å². The maximum atomic E-state index is 14.4. The lowest BCUT2D eigenvalue weighted by Gasteiger charge is -2.36. The Morgan fingerprint density at radius 1 is 1.00 bits per heavy atom. The van der Waals surface area contributed by atoms with Gasteiger partial charge in [0.2, 0.25) is 5.91 Å². The van der Waals surface area contributed by atoms with Gasteiger partial charge in [-0.15, -0.1) is 10.2 Å². The Bertz CT molecular complexity index is 1250. The zero-order valence-electron chi connectivity index (χ0n) is 21.6. The first kappa shape index (κ1) is 25.8. The molecular formula is C29H32FN5O3. The number of rotatable bonds is 7. The van der Waals surface area contributed by atoms with Crippen LogP contribution < -0.4 is 4.90 Å². The van der Waals surface area contributed by atoms with Crippen molar-refractivity contribution in [2.24, 2.45) is 0 Å². The van der Waals surface area contributed by atoms with Gasteiger partial charge in [0.25, 0.3) is 5.91 Å². The molecule has 3 aromatic rings. The third-order valence-corrected chi connectivity index (χ3v) is 7.12. The van der Waals surface area contributed by atoms with Gasteiger partial charge in [-0.3, -0.25) is 9.59 Å². The fraction of sp³-hybridized carbons (Fsp3) is 0.379. The van der Waals surface area contributed by atoms with Crippen LogP contribution in [0.1, 0.15) is 28.8 Å². The Morgan fingerprint density at radius 3 is 2.42 bits per heavy atom. The largest absolute Gasteiger partial charge is 0.376 e. The molecule has 2 aliphatic heterocycles. The van der Waals surface area contributed by atoms with E-state index in [-0.39, 0.29) is 30.7 Å². The third-order valence-electron chi connectivity index (χ3n) is 7.12. The fourth-order valence-corrected chi connectivity index (χ4v) is 4.88. The zero-order chi connectivity index (χ0) is 26.5. The smallest absolute Gasteiger partial charge is 0.257 e.